The van der Waals surface area contributed by atoms with Crippen molar-refractivity contribution in [1.29, 1.82) is 0 Å². The maximum absolute atomic E-state index is 16.8. The van der Waals surface area contributed by atoms with E-state index in [1.165, 1.54) is 0 Å². The molecule has 0 bridgehead atoms. The van der Waals surface area contributed by atoms with Crippen LogP contribution in [0.5, 0.6) is 0 Å². The average molecular weight is 380 g/mol. The number of aliphatic hydroxyl groups is 3. The van der Waals surface area contributed by atoms with Crippen LogP contribution >= 0.6 is 0 Å². The van der Waals surface area contributed by atoms with Crippen LogP contribution < -0.4 is 0 Å². The average Bonchev–Trinajstić information content (AvgIpc) is 2.88. The summed E-state index contributed by atoms with van der Waals surface area (Å²) in [6.45, 7) is 2.83. The molecule has 0 radical (unpaired) electrons. The van der Waals surface area contributed by atoms with Crippen molar-refractivity contribution in [2.75, 3.05) is 6.61 Å². The molecule has 0 heterocycles. The third kappa shape index (κ3) is 2.10. The number of ketones is 2. The summed E-state index contributed by atoms with van der Waals surface area (Å²) in [5, 5.41) is 31.5. The van der Waals surface area contributed by atoms with Crippen LogP contribution in [0.3, 0.4) is 0 Å². The molecule has 0 amide bonds. The summed E-state index contributed by atoms with van der Waals surface area (Å²) in [5.41, 5.74) is -4.68. The number of carbonyl (C=O) groups is 2. The Balaban J connectivity index is 1.80. The Morgan fingerprint density at radius 1 is 1.22 bits per heavy atom. The predicted octanol–water partition coefficient (Wildman–Crippen LogP) is 1.87. The summed E-state index contributed by atoms with van der Waals surface area (Å²) in [7, 11) is 0. The minimum absolute atomic E-state index is 0.0171. The van der Waals surface area contributed by atoms with E-state index >= 15 is 4.39 Å². The van der Waals surface area contributed by atoms with Crippen molar-refractivity contribution < 1.29 is 29.3 Å². The number of hydrogen-bond donors (Lipinski definition) is 3. The van der Waals surface area contributed by atoms with E-state index in [1.54, 1.807) is 13.0 Å². The van der Waals surface area contributed by atoms with Crippen LogP contribution in [0.15, 0.2) is 11.6 Å². The van der Waals surface area contributed by atoms with Gasteiger partial charge in [-0.25, -0.2) is 4.39 Å². The summed E-state index contributed by atoms with van der Waals surface area (Å²) >= 11 is 0. The number of hydrogen-bond acceptors (Lipinski definition) is 5. The highest BCUT2D eigenvalue weighted by Gasteiger charge is 2.74. The highest BCUT2D eigenvalue weighted by Crippen LogP contribution is 2.70. The van der Waals surface area contributed by atoms with Crippen molar-refractivity contribution in [3.05, 3.63) is 11.6 Å². The normalized spacial score (nSPS) is 51.9. The molecule has 0 aromatic heterocycles. The van der Waals surface area contributed by atoms with E-state index in [2.05, 4.69) is 0 Å². The standard InChI is InChI=1S/C21H29FO5/c1-18-7-5-13(24)9-12(18)3-4-15-14-6-8-20(27,17(26)11-23)19(14,2)10-16(25)21(15,18)22/h9,14-16,23,25,27H,3-8,10-11H2,1-2H3/t14-,15+,16-,18-,19-,20-,21+/m0/s1. The summed E-state index contributed by atoms with van der Waals surface area (Å²) in [6, 6.07) is 0. The Morgan fingerprint density at radius 2 is 1.93 bits per heavy atom. The van der Waals surface area contributed by atoms with Crippen molar-refractivity contribution in [2.45, 2.75) is 76.2 Å². The van der Waals surface area contributed by atoms with Crippen LogP contribution in [0.1, 0.15) is 58.8 Å². The molecule has 0 aliphatic heterocycles. The van der Waals surface area contributed by atoms with Crippen LogP contribution in [0.2, 0.25) is 0 Å². The van der Waals surface area contributed by atoms with Crippen molar-refractivity contribution in [3.8, 4) is 0 Å². The van der Waals surface area contributed by atoms with Crippen LogP contribution in [0.25, 0.3) is 0 Å². The topological polar surface area (TPSA) is 94.8 Å². The molecule has 0 unspecified atom stereocenters. The molecule has 3 N–H and O–H groups in total. The van der Waals surface area contributed by atoms with Crippen molar-refractivity contribution in [2.24, 2.45) is 22.7 Å². The fourth-order valence-electron chi connectivity index (χ4n) is 7.16. The third-order valence-electron chi connectivity index (χ3n) is 8.80. The lowest BCUT2D eigenvalue weighted by Gasteiger charge is -2.63. The van der Waals surface area contributed by atoms with Crippen LogP contribution in [0, 0.1) is 22.7 Å². The Hall–Kier alpha value is -1.11. The molecule has 0 saturated heterocycles. The van der Waals surface area contributed by atoms with Gasteiger partial charge in [0.15, 0.2) is 11.6 Å². The predicted molar refractivity (Wildman–Crippen MR) is 95.5 cm³/mol. The van der Waals surface area contributed by atoms with Gasteiger partial charge >= 0.3 is 0 Å². The van der Waals surface area contributed by atoms with Gasteiger partial charge in [0.05, 0.1) is 6.10 Å². The zero-order chi connectivity index (χ0) is 19.8. The molecule has 7 atom stereocenters. The SMILES string of the molecule is C[C@]12CCC(=O)C=C1CC[C@@H]1[C@@H]3CC[C@](O)(C(=O)CO)[C@@]3(C)C[C@H](O)[C@]12F. The monoisotopic (exact) mass is 380 g/mol. The van der Waals surface area contributed by atoms with E-state index in [1.807, 2.05) is 6.92 Å². The number of aliphatic hydroxyl groups excluding tert-OH is 2. The number of Topliss-reactive ketones (excluding diaryl/α,β-unsaturated/α-hetero) is 1. The third-order valence-corrected chi connectivity index (χ3v) is 8.80. The second-order valence-electron chi connectivity index (χ2n) is 9.61. The second kappa shape index (κ2) is 5.71. The lowest BCUT2D eigenvalue weighted by molar-refractivity contribution is -0.226. The second-order valence-corrected chi connectivity index (χ2v) is 9.61. The van der Waals surface area contributed by atoms with Crippen LogP contribution in [-0.4, -0.2) is 50.9 Å². The minimum Gasteiger partial charge on any atom is -0.390 e. The van der Waals surface area contributed by atoms with E-state index < -0.39 is 46.5 Å². The van der Waals surface area contributed by atoms with Gasteiger partial charge in [-0.3, -0.25) is 9.59 Å². The maximum atomic E-state index is 16.8. The Bertz CT molecular complexity index is 734. The Kier molecular flexibility index (Phi) is 4.06. The first-order chi connectivity index (χ1) is 12.5. The molecule has 4 rings (SSSR count). The highest BCUT2D eigenvalue weighted by atomic mass is 19.1. The highest BCUT2D eigenvalue weighted by molar-refractivity contribution is 5.92. The Labute approximate surface area is 158 Å². The zero-order valence-electron chi connectivity index (χ0n) is 16.0. The van der Waals surface area contributed by atoms with Gasteiger partial charge in [0.1, 0.15) is 17.9 Å². The Morgan fingerprint density at radius 3 is 2.59 bits per heavy atom. The summed E-state index contributed by atoms with van der Waals surface area (Å²) in [5.74, 6) is -1.36. The number of allylic oxidation sites excluding steroid dienone is 1. The first kappa shape index (κ1) is 19.2. The van der Waals surface area contributed by atoms with E-state index in [-0.39, 0.29) is 31.0 Å². The van der Waals surface area contributed by atoms with E-state index in [4.69, 9.17) is 0 Å². The molecule has 150 valence electrons. The van der Waals surface area contributed by atoms with Gasteiger partial charge in [-0.2, -0.15) is 0 Å². The molecule has 3 fully saturated rings. The maximum Gasteiger partial charge on any atom is 0.190 e. The first-order valence-electron chi connectivity index (χ1n) is 10.0. The fourth-order valence-corrected chi connectivity index (χ4v) is 7.16. The number of rotatable bonds is 2. The minimum atomic E-state index is -1.88. The van der Waals surface area contributed by atoms with Gasteiger partial charge in [-0.05, 0) is 50.5 Å². The van der Waals surface area contributed by atoms with Gasteiger partial charge in [0, 0.05) is 23.2 Å². The van der Waals surface area contributed by atoms with Crippen LogP contribution in [0.4, 0.5) is 4.39 Å². The van der Waals surface area contributed by atoms with Crippen molar-refractivity contribution in [1.82, 2.24) is 0 Å². The molecule has 27 heavy (non-hydrogen) atoms. The number of alkyl halides is 1. The molecule has 6 heteroatoms. The van der Waals surface area contributed by atoms with Crippen molar-refractivity contribution in [3.63, 3.8) is 0 Å². The van der Waals surface area contributed by atoms with Crippen molar-refractivity contribution >= 4 is 11.6 Å². The zero-order valence-corrected chi connectivity index (χ0v) is 16.0. The number of carbonyl (C=O) groups excluding carboxylic acids is 2. The van der Waals surface area contributed by atoms with Gasteiger partial charge in [0.2, 0.25) is 0 Å². The molecule has 0 aromatic carbocycles. The van der Waals surface area contributed by atoms with E-state index in [0.29, 0.717) is 25.7 Å². The molecule has 4 aliphatic rings. The van der Waals surface area contributed by atoms with Gasteiger partial charge in [0.25, 0.3) is 0 Å². The van der Waals surface area contributed by atoms with E-state index in [0.717, 1.165) is 5.57 Å². The summed E-state index contributed by atoms with van der Waals surface area (Å²) < 4.78 is 16.8. The molecule has 3 saturated carbocycles. The van der Waals surface area contributed by atoms with Crippen LogP contribution in [-0.2, 0) is 9.59 Å². The smallest absolute Gasteiger partial charge is 0.190 e. The molecule has 4 aliphatic carbocycles. The molecule has 5 nitrogen and oxygen atoms in total. The molecular formula is C21H29FO5. The first-order valence-corrected chi connectivity index (χ1v) is 10.0. The molecular weight excluding hydrogens is 351 g/mol. The van der Waals surface area contributed by atoms with Gasteiger partial charge in [-0.15, -0.1) is 0 Å². The lowest BCUT2D eigenvalue weighted by Crippen LogP contribution is -2.69. The molecule has 0 aromatic rings. The molecule has 0 spiro atoms. The largest absolute Gasteiger partial charge is 0.390 e. The number of fused-ring (bicyclic) bond motifs is 5. The fraction of sp³-hybridized carbons (Fsp3) is 0.810. The lowest BCUT2D eigenvalue weighted by atomic mass is 9.44. The summed E-state index contributed by atoms with van der Waals surface area (Å²) in [4.78, 5) is 24.2. The quantitative estimate of drug-likeness (QED) is 0.680. The summed E-state index contributed by atoms with van der Waals surface area (Å²) in [6.07, 6.45) is 2.65. The van der Waals surface area contributed by atoms with E-state index in [9.17, 15) is 24.9 Å². The number of halogens is 1. The van der Waals surface area contributed by atoms with Gasteiger partial charge < -0.3 is 15.3 Å². The van der Waals surface area contributed by atoms with Gasteiger partial charge in [-0.1, -0.05) is 19.4 Å².